The van der Waals surface area contributed by atoms with E-state index in [1.807, 2.05) is 0 Å². The minimum Gasteiger partial charge on any atom is -0.480 e. The number of ether oxygens (including phenoxy) is 1. The molecule has 0 saturated carbocycles. The lowest BCUT2D eigenvalue weighted by atomic mass is 10.0. The summed E-state index contributed by atoms with van der Waals surface area (Å²) in [6, 6.07) is 4.89. The van der Waals surface area contributed by atoms with Gasteiger partial charge in [-0.05, 0) is 5.56 Å². The number of nitro groups is 1. The number of carboxylic acids is 1. The minimum absolute atomic E-state index is 0.1000. The number of morpholine rings is 1. The lowest BCUT2D eigenvalue weighted by Gasteiger charge is -2.31. The van der Waals surface area contributed by atoms with Gasteiger partial charge in [0.25, 0.3) is 5.69 Å². The molecule has 1 aromatic rings. The maximum absolute atomic E-state index is 11.4. The Bertz CT molecular complexity index is 485. The highest BCUT2D eigenvalue weighted by Crippen LogP contribution is 2.25. The number of aliphatic carboxylic acids is 1. The molecule has 102 valence electrons. The van der Waals surface area contributed by atoms with E-state index < -0.39 is 16.9 Å². The second-order valence-corrected chi connectivity index (χ2v) is 4.24. The largest absolute Gasteiger partial charge is 0.480 e. The normalized spacial score (nSPS) is 17.9. The summed E-state index contributed by atoms with van der Waals surface area (Å²) in [5, 5.41) is 20.1. The molecule has 0 aliphatic carbocycles. The highest BCUT2D eigenvalue weighted by Gasteiger charge is 2.29. The number of hydrogen-bond donors (Lipinski definition) is 1. The van der Waals surface area contributed by atoms with Gasteiger partial charge in [0.15, 0.2) is 0 Å². The molecule has 1 aliphatic rings. The fourth-order valence-electron chi connectivity index (χ4n) is 2.15. The molecule has 1 N–H and O–H groups in total. The zero-order chi connectivity index (χ0) is 13.8. The molecule has 1 saturated heterocycles. The number of carboxylic acid groups (broad SMARTS) is 1. The topological polar surface area (TPSA) is 92.9 Å². The Kier molecular flexibility index (Phi) is 4.08. The van der Waals surface area contributed by atoms with Crippen LogP contribution < -0.4 is 0 Å². The average Bonchev–Trinajstić information content (AvgIpc) is 2.40. The Morgan fingerprint density at radius 2 is 2.11 bits per heavy atom. The van der Waals surface area contributed by atoms with Crippen molar-refractivity contribution in [1.29, 1.82) is 0 Å². The van der Waals surface area contributed by atoms with Gasteiger partial charge in [0.2, 0.25) is 0 Å². The number of rotatable bonds is 4. The summed E-state index contributed by atoms with van der Waals surface area (Å²) < 4.78 is 5.18. The molecule has 0 bridgehead atoms. The molecule has 0 spiro atoms. The predicted octanol–water partition coefficient (Wildman–Crippen LogP) is 1.05. The van der Waals surface area contributed by atoms with Crippen molar-refractivity contribution in [1.82, 2.24) is 4.90 Å². The summed E-state index contributed by atoms with van der Waals surface area (Å²) >= 11 is 0. The molecule has 0 amide bonds. The fourth-order valence-corrected chi connectivity index (χ4v) is 2.15. The van der Waals surface area contributed by atoms with Crippen molar-refractivity contribution in [3.05, 3.63) is 39.9 Å². The second-order valence-electron chi connectivity index (χ2n) is 4.24. The molecule has 1 aliphatic heterocycles. The first-order valence-electron chi connectivity index (χ1n) is 5.88. The van der Waals surface area contributed by atoms with Gasteiger partial charge in [-0.2, -0.15) is 0 Å². The van der Waals surface area contributed by atoms with Crippen molar-refractivity contribution in [3.8, 4) is 0 Å². The van der Waals surface area contributed by atoms with E-state index in [4.69, 9.17) is 4.74 Å². The minimum atomic E-state index is -1.01. The van der Waals surface area contributed by atoms with Crippen molar-refractivity contribution in [2.24, 2.45) is 0 Å². The van der Waals surface area contributed by atoms with Gasteiger partial charge >= 0.3 is 5.97 Å². The van der Waals surface area contributed by atoms with E-state index in [0.29, 0.717) is 31.9 Å². The van der Waals surface area contributed by atoms with Crippen molar-refractivity contribution >= 4 is 11.7 Å². The SMILES string of the molecule is O=C(O)C(c1cccc([N+](=O)[O-])c1)N1CCOCC1. The van der Waals surface area contributed by atoms with Crippen molar-refractivity contribution < 1.29 is 19.6 Å². The third-order valence-electron chi connectivity index (χ3n) is 3.04. The molecule has 7 nitrogen and oxygen atoms in total. The van der Waals surface area contributed by atoms with Crippen LogP contribution in [-0.2, 0) is 9.53 Å². The maximum Gasteiger partial charge on any atom is 0.325 e. The first-order chi connectivity index (χ1) is 9.09. The maximum atomic E-state index is 11.4. The van der Waals surface area contributed by atoms with Crippen molar-refractivity contribution in [2.75, 3.05) is 26.3 Å². The number of hydrogen-bond acceptors (Lipinski definition) is 5. The summed E-state index contributed by atoms with van der Waals surface area (Å²) in [6.45, 7) is 1.94. The molecule has 7 heteroatoms. The van der Waals surface area contributed by atoms with E-state index in [0.717, 1.165) is 0 Å². The third kappa shape index (κ3) is 3.07. The number of non-ortho nitro benzene ring substituents is 1. The number of nitro benzene ring substituents is 1. The molecule has 2 rings (SSSR count). The summed E-state index contributed by atoms with van der Waals surface area (Å²) in [6.07, 6.45) is 0. The second kappa shape index (κ2) is 5.77. The highest BCUT2D eigenvalue weighted by molar-refractivity contribution is 5.76. The Morgan fingerprint density at radius 3 is 2.68 bits per heavy atom. The lowest BCUT2D eigenvalue weighted by molar-refractivity contribution is -0.384. The van der Waals surface area contributed by atoms with Crippen LogP contribution in [0.2, 0.25) is 0 Å². The van der Waals surface area contributed by atoms with Crippen LogP contribution in [0.3, 0.4) is 0 Å². The van der Waals surface area contributed by atoms with Crippen LogP contribution in [-0.4, -0.2) is 47.2 Å². The summed E-state index contributed by atoms with van der Waals surface area (Å²) in [5.41, 5.74) is 0.320. The Morgan fingerprint density at radius 1 is 1.42 bits per heavy atom. The summed E-state index contributed by atoms with van der Waals surface area (Å²) in [7, 11) is 0. The smallest absolute Gasteiger partial charge is 0.325 e. The molecular formula is C12H14N2O5. The van der Waals surface area contributed by atoms with Crippen molar-refractivity contribution in [3.63, 3.8) is 0 Å². The molecule has 1 fully saturated rings. The Hall–Kier alpha value is -1.99. The van der Waals surface area contributed by atoms with Crippen LogP contribution >= 0.6 is 0 Å². The summed E-state index contributed by atoms with van der Waals surface area (Å²) in [4.78, 5) is 23.4. The van der Waals surface area contributed by atoms with Crippen LogP contribution in [0.15, 0.2) is 24.3 Å². The number of nitrogens with zero attached hydrogens (tertiary/aromatic N) is 2. The van der Waals surface area contributed by atoms with Crippen LogP contribution in [0.1, 0.15) is 11.6 Å². The Labute approximate surface area is 109 Å². The van der Waals surface area contributed by atoms with Gasteiger partial charge in [-0.15, -0.1) is 0 Å². The first-order valence-corrected chi connectivity index (χ1v) is 5.88. The molecule has 1 atom stereocenters. The van der Waals surface area contributed by atoms with Crippen LogP contribution in [0, 0.1) is 10.1 Å². The van der Waals surface area contributed by atoms with Gasteiger partial charge in [-0.1, -0.05) is 12.1 Å². The van der Waals surface area contributed by atoms with E-state index in [9.17, 15) is 20.0 Å². The number of carbonyl (C=O) groups is 1. The van der Waals surface area contributed by atoms with E-state index in [2.05, 4.69) is 0 Å². The zero-order valence-corrected chi connectivity index (χ0v) is 10.2. The van der Waals surface area contributed by atoms with Gasteiger partial charge in [0.05, 0.1) is 18.1 Å². The molecular weight excluding hydrogens is 252 g/mol. The zero-order valence-electron chi connectivity index (χ0n) is 10.2. The average molecular weight is 266 g/mol. The quantitative estimate of drug-likeness (QED) is 0.646. The fraction of sp³-hybridized carbons (Fsp3) is 0.417. The highest BCUT2D eigenvalue weighted by atomic mass is 16.6. The van der Waals surface area contributed by atoms with Gasteiger partial charge < -0.3 is 9.84 Å². The molecule has 1 unspecified atom stereocenters. The van der Waals surface area contributed by atoms with E-state index >= 15 is 0 Å². The van der Waals surface area contributed by atoms with Gasteiger partial charge in [-0.3, -0.25) is 19.8 Å². The van der Waals surface area contributed by atoms with Gasteiger partial charge in [0.1, 0.15) is 6.04 Å². The van der Waals surface area contributed by atoms with Crippen LogP contribution in [0.5, 0.6) is 0 Å². The third-order valence-corrected chi connectivity index (χ3v) is 3.04. The molecule has 1 heterocycles. The molecule has 0 aromatic heterocycles. The van der Waals surface area contributed by atoms with E-state index in [1.54, 1.807) is 11.0 Å². The Balaban J connectivity index is 2.30. The summed E-state index contributed by atoms with van der Waals surface area (Å²) in [5.74, 6) is -1.01. The molecule has 1 aromatic carbocycles. The molecule has 19 heavy (non-hydrogen) atoms. The number of benzene rings is 1. The van der Waals surface area contributed by atoms with E-state index in [-0.39, 0.29) is 5.69 Å². The first kappa shape index (κ1) is 13.4. The predicted molar refractivity (Wildman–Crippen MR) is 65.9 cm³/mol. The van der Waals surface area contributed by atoms with Crippen LogP contribution in [0.4, 0.5) is 5.69 Å². The van der Waals surface area contributed by atoms with E-state index in [1.165, 1.54) is 18.2 Å². The van der Waals surface area contributed by atoms with Crippen LogP contribution in [0.25, 0.3) is 0 Å². The standard InChI is InChI=1S/C12H14N2O5/c15-12(16)11(13-4-6-19-7-5-13)9-2-1-3-10(8-9)14(17)18/h1-3,8,11H,4-7H2,(H,15,16). The monoisotopic (exact) mass is 266 g/mol. The van der Waals surface area contributed by atoms with Gasteiger partial charge in [0, 0.05) is 25.2 Å². The molecule has 0 radical (unpaired) electrons. The van der Waals surface area contributed by atoms with Gasteiger partial charge in [-0.25, -0.2) is 0 Å². The lowest BCUT2D eigenvalue weighted by Crippen LogP contribution is -2.42. The van der Waals surface area contributed by atoms with Crippen molar-refractivity contribution in [2.45, 2.75) is 6.04 Å².